The van der Waals surface area contributed by atoms with Gasteiger partial charge < -0.3 is 25.8 Å². The summed E-state index contributed by atoms with van der Waals surface area (Å²) in [6.45, 7) is 0.282. The van der Waals surface area contributed by atoms with Gasteiger partial charge in [0.2, 0.25) is 22.2 Å². The number of primary amides is 2. The average molecular weight is 552 g/mol. The minimum absolute atomic E-state index is 0. The number of hydrogen-bond donors (Lipinski definition) is 3. The molecular weight excluding hydrogens is 531 g/mol. The Morgan fingerprint density at radius 1 is 0.829 bits per heavy atom. The third-order valence-corrected chi connectivity index (χ3v) is 6.34. The monoisotopic (exact) mass is 552 g/mol. The number of carbonyl (C=O) groups is 4. The zero-order valence-electron chi connectivity index (χ0n) is 18.3. The van der Waals surface area contributed by atoms with Crippen LogP contribution in [-0.4, -0.2) is 107 Å². The zero-order valence-corrected chi connectivity index (χ0v) is 21.9. The van der Waals surface area contributed by atoms with Crippen molar-refractivity contribution in [2.45, 2.75) is 49.9 Å². The number of nitrogens with two attached hydrogens (primary N) is 2. The molecular formula is C14H21N6NaO12S2. The molecule has 0 aromatic rings. The molecule has 4 rings (SSSR count). The summed E-state index contributed by atoms with van der Waals surface area (Å²) in [6, 6.07) is -4.18. The topological polar surface area (TPSA) is 263 Å². The normalized spacial score (nSPS) is 27.8. The molecule has 0 unspecified atom stereocenters. The van der Waals surface area contributed by atoms with Crippen molar-refractivity contribution in [3.8, 4) is 0 Å². The maximum atomic E-state index is 11.7. The number of hydrogen-bond acceptors (Lipinski definition) is 11. The Kier molecular flexibility index (Phi) is 8.99. The molecule has 4 aliphatic heterocycles. The van der Waals surface area contributed by atoms with Crippen molar-refractivity contribution in [3.63, 3.8) is 0 Å². The van der Waals surface area contributed by atoms with Gasteiger partial charge in [-0.1, -0.05) is 0 Å². The van der Waals surface area contributed by atoms with Crippen LogP contribution in [0.25, 0.3) is 0 Å². The van der Waals surface area contributed by atoms with Gasteiger partial charge in [-0.2, -0.15) is 22.8 Å². The number of rotatable bonds is 6. The van der Waals surface area contributed by atoms with Gasteiger partial charge in [-0.25, -0.2) is 18.0 Å². The third-order valence-electron chi connectivity index (χ3n) is 5.65. The summed E-state index contributed by atoms with van der Waals surface area (Å²) in [6.07, 6.45) is 1.40. The fraction of sp³-hybridized carbons (Fsp3) is 0.714. The maximum absolute atomic E-state index is 11.7. The smallest absolute Gasteiger partial charge is 0.724 e. The molecule has 5 N–H and O–H groups in total. The Hall–Kier alpha value is -1.78. The zero-order chi connectivity index (χ0) is 25.6. The van der Waals surface area contributed by atoms with E-state index < -0.39 is 68.8 Å². The van der Waals surface area contributed by atoms with Gasteiger partial charge in [0.25, 0.3) is 0 Å². The van der Waals surface area contributed by atoms with Crippen molar-refractivity contribution >= 4 is 44.7 Å². The Morgan fingerprint density at radius 2 is 1.20 bits per heavy atom. The summed E-state index contributed by atoms with van der Waals surface area (Å²) in [5.74, 6) is -1.31. The molecule has 4 aliphatic rings. The number of nitrogens with zero attached hydrogens (tertiary/aromatic N) is 4. The van der Waals surface area contributed by atoms with Gasteiger partial charge in [0, 0.05) is 13.1 Å². The summed E-state index contributed by atoms with van der Waals surface area (Å²) < 4.78 is 69.3. The van der Waals surface area contributed by atoms with Crippen LogP contribution in [-0.2, 0) is 39.0 Å². The molecule has 4 saturated heterocycles. The first-order valence-electron chi connectivity index (χ1n) is 9.69. The van der Waals surface area contributed by atoms with Crippen LogP contribution in [0, 0.1) is 0 Å². The van der Waals surface area contributed by atoms with Gasteiger partial charge in [-0.3, -0.25) is 14.1 Å². The van der Waals surface area contributed by atoms with Crippen LogP contribution in [0.3, 0.4) is 0 Å². The van der Waals surface area contributed by atoms with Gasteiger partial charge in [0.1, 0.15) is 12.1 Å². The van der Waals surface area contributed by atoms with Gasteiger partial charge in [-0.15, -0.1) is 4.28 Å². The SMILES string of the molecule is NC(=O)[C@@H]1CC[C@@H]2CN1C(=O)N2OS(=O)(=O)O.NC(=O)[C@@H]1CC[C@@H]2CN1C(=O)N2OS(=O)(=O)[O-].[Na+]. The number of carbonyl (C=O) groups excluding carboxylic acids is 4. The summed E-state index contributed by atoms with van der Waals surface area (Å²) in [7, 11) is -9.76. The van der Waals surface area contributed by atoms with E-state index in [9.17, 15) is 40.6 Å². The summed E-state index contributed by atoms with van der Waals surface area (Å²) in [5, 5.41) is 1.07. The first-order chi connectivity index (χ1) is 15.6. The molecule has 6 amide bonds. The van der Waals surface area contributed by atoms with Crippen LogP contribution in [0.1, 0.15) is 25.7 Å². The van der Waals surface area contributed by atoms with Crippen molar-refractivity contribution in [2.24, 2.45) is 11.5 Å². The van der Waals surface area contributed by atoms with Crippen LogP contribution < -0.4 is 41.0 Å². The van der Waals surface area contributed by atoms with E-state index in [0.29, 0.717) is 35.8 Å². The maximum Gasteiger partial charge on any atom is 1.00 e. The Balaban J connectivity index is 0.000000240. The van der Waals surface area contributed by atoms with Crippen molar-refractivity contribution in [3.05, 3.63) is 0 Å². The summed E-state index contributed by atoms with van der Waals surface area (Å²) in [5.41, 5.74) is 10.2. The molecule has 21 heteroatoms. The Morgan fingerprint density at radius 3 is 1.51 bits per heavy atom. The number of hydroxylamine groups is 4. The van der Waals surface area contributed by atoms with Gasteiger partial charge >= 0.3 is 52.0 Å². The minimum Gasteiger partial charge on any atom is -0.724 e. The third kappa shape index (κ3) is 6.71. The van der Waals surface area contributed by atoms with Crippen molar-refractivity contribution in [1.29, 1.82) is 0 Å². The summed E-state index contributed by atoms with van der Waals surface area (Å²) >= 11 is 0. The van der Waals surface area contributed by atoms with Gasteiger partial charge in [0.15, 0.2) is 0 Å². The van der Waals surface area contributed by atoms with Crippen LogP contribution >= 0.6 is 0 Å². The minimum atomic E-state index is -5.00. The molecule has 0 aromatic heterocycles. The largest absolute Gasteiger partial charge is 1.00 e. The number of urea groups is 2. The van der Waals surface area contributed by atoms with E-state index in [1.165, 1.54) is 0 Å². The molecule has 192 valence electrons. The fourth-order valence-corrected chi connectivity index (χ4v) is 5.02. The van der Waals surface area contributed by atoms with E-state index in [-0.39, 0.29) is 42.6 Å². The van der Waals surface area contributed by atoms with Crippen molar-refractivity contribution in [1.82, 2.24) is 19.9 Å². The van der Waals surface area contributed by atoms with E-state index in [4.69, 9.17) is 16.0 Å². The second kappa shape index (κ2) is 10.7. The first kappa shape index (κ1) is 29.5. The molecule has 4 atom stereocenters. The molecule has 0 radical (unpaired) electrons. The van der Waals surface area contributed by atoms with Crippen molar-refractivity contribution in [2.75, 3.05) is 13.1 Å². The van der Waals surface area contributed by atoms with Crippen LogP contribution in [0.15, 0.2) is 0 Å². The Labute approximate surface area is 221 Å². The van der Waals surface area contributed by atoms with E-state index >= 15 is 0 Å². The second-order valence-corrected chi connectivity index (χ2v) is 9.78. The predicted octanol–water partition coefficient (Wildman–Crippen LogP) is -6.39. The standard InChI is InChI=1S/2C7H11N3O6S.Na/c2*8-6(11)5-2-1-4-3-9(5)7(12)10(4)16-17(13,14)15;/h2*4-5H,1-3H2,(H2,8,11)(H,13,14,15);/q;;+1/p-1/t2*4-,5+;/m11./s1. The molecule has 0 aromatic carbocycles. The quantitative estimate of drug-likeness (QED) is 0.158. The molecule has 0 spiro atoms. The molecule has 4 fully saturated rings. The van der Waals surface area contributed by atoms with E-state index in [2.05, 4.69) is 8.57 Å². The van der Waals surface area contributed by atoms with Gasteiger partial charge in [-0.05, 0) is 25.7 Å². The average Bonchev–Trinajstić information content (AvgIpc) is 3.06. The number of piperidine rings is 2. The molecule has 18 nitrogen and oxygen atoms in total. The van der Waals surface area contributed by atoms with Crippen molar-refractivity contribution < 1.29 is 83.2 Å². The van der Waals surface area contributed by atoms with Gasteiger partial charge in [0.05, 0.1) is 12.1 Å². The predicted molar refractivity (Wildman–Crippen MR) is 103 cm³/mol. The molecule has 0 aliphatic carbocycles. The van der Waals surface area contributed by atoms with Crippen LogP contribution in [0.4, 0.5) is 9.59 Å². The molecule has 0 saturated carbocycles. The summed E-state index contributed by atoms with van der Waals surface area (Å²) in [4.78, 5) is 47.8. The molecule has 35 heavy (non-hydrogen) atoms. The number of amides is 6. The number of fused-ring (bicyclic) bond motifs is 4. The Bertz CT molecular complexity index is 1020. The van der Waals surface area contributed by atoms with E-state index in [1.54, 1.807) is 0 Å². The second-order valence-electron chi connectivity index (χ2n) is 7.81. The fourth-order valence-electron chi connectivity index (χ4n) is 4.25. The molecule has 4 bridgehead atoms. The van der Waals surface area contributed by atoms with Crippen LogP contribution in [0.2, 0.25) is 0 Å². The first-order valence-corrected chi connectivity index (χ1v) is 12.4. The van der Waals surface area contributed by atoms with Crippen LogP contribution in [0.5, 0.6) is 0 Å². The van der Waals surface area contributed by atoms with E-state index in [1.807, 2.05) is 0 Å². The van der Waals surface area contributed by atoms with E-state index in [0.717, 1.165) is 9.80 Å². The molecule has 4 heterocycles.